The lowest BCUT2D eigenvalue weighted by Crippen LogP contribution is -2.33. The summed E-state index contributed by atoms with van der Waals surface area (Å²) in [5.41, 5.74) is -0.0465. The maximum atomic E-state index is 14.0. The highest BCUT2D eigenvalue weighted by Gasteiger charge is 2.57. The van der Waals surface area contributed by atoms with Gasteiger partial charge >= 0.3 is 17.0 Å². The average Bonchev–Trinajstić information content (AvgIpc) is 3.40. The highest BCUT2D eigenvalue weighted by molar-refractivity contribution is 8.00. The number of nitrogens with zero attached hydrogens (tertiary/aromatic N) is 3. The first kappa shape index (κ1) is 29.9. The van der Waals surface area contributed by atoms with Gasteiger partial charge in [-0.3, -0.25) is 23.7 Å². The molecular weight excluding hydrogens is 591 g/mol. The summed E-state index contributed by atoms with van der Waals surface area (Å²) in [5, 5.41) is -0.773. The van der Waals surface area contributed by atoms with Crippen molar-refractivity contribution in [3.05, 3.63) is 74.2 Å². The Kier molecular flexibility index (Phi) is 8.26. The van der Waals surface area contributed by atoms with Crippen LogP contribution in [0.15, 0.2) is 58.4 Å². The van der Waals surface area contributed by atoms with Crippen LogP contribution in [-0.4, -0.2) is 47.3 Å². The van der Waals surface area contributed by atoms with E-state index in [0.717, 1.165) is 54.0 Å². The number of halogens is 3. The van der Waals surface area contributed by atoms with Crippen molar-refractivity contribution >= 4 is 52.3 Å². The van der Waals surface area contributed by atoms with E-state index in [0.29, 0.717) is 20.4 Å². The number of carbonyl (C=O) groups excluding carboxylic acids is 3. The van der Waals surface area contributed by atoms with Crippen LogP contribution in [0.3, 0.4) is 0 Å². The van der Waals surface area contributed by atoms with E-state index in [4.69, 9.17) is 4.74 Å². The number of para-hydroxylation sites is 1. The number of imide groups is 1. The molecule has 0 saturated carbocycles. The van der Waals surface area contributed by atoms with Crippen molar-refractivity contribution in [1.29, 1.82) is 0 Å². The molecule has 2 aliphatic heterocycles. The van der Waals surface area contributed by atoms with E-state index in [9.17, 15) is 32.3 Å². The Balaban J connectivity index is 1.65. The van der Waals surface area contributed by atoms with Crippen LogP contribution in [-0.2, 0) is 31.8 Å². The number of alkyl halides is 3. The van der Waals surface area contributed by atoms with Gasteiger partial charge in [-0.15, -0.1) is 0 Å². The Hall–Kier alpha value is -3.58. The summed E-state index contributed by atoms with van der Waals surface area (Å²) in [6, 6.07) is 11.9. The molecular formula is C29H28F3N3O5S2. The third kappa shape index (κ3) is 5.13. The molecule has 1 saturated heterocycles. The molecule has 2 aromatic carbocycles. The van der Waals surface area contributed by atoms with Crippen molar-refractivity contribution in [2.75, 3.05) is 29.5 Å². The Morgan fingerprint density at radius 3 is 2.26 bits per heavy atom. The van der Waals surface area contributed by atoms with Gasteiger partial charge in [0.1, 0.15) is 11.8 Å². The highest BCUT2D eigenvalue weighted by atomic mass is 32.2. The molecule has 0 N–H and O–H groups in total. The zero-order valence-corrected chi connectivity index (χ0v) is 24.6. The maximum Gasteiger partial charge on any atom is 0.418 e. The van der Waals surface area contributed by atoms with Gasteiger partial charge in [0.15, 0.2) is 0 Å². The molecule has 222 valence electrons. The van der Waals surface area contributed by atoms with Crippen molar-refractivity contribution in [1.82, 2.24) is 4.57 Å². The summed E-state index contributed by atoms with van der Waals surface area (Å²) < 4.78 is 48.1. The zero-order chi connectivity index (χ0) is 30.3. The number of anilines is 2. The molecule has 0 bridgehead atoms. The van der Waals surface area contributed by atoms with Gasteiger partial charge in [-0.1, -0.05) is 47.4 Å². The lowest BCUT2D eigenvalue weighted by atomic mass is 9.83. The van der Waals surface area contributed by atoms with Gasteiger partial charge in [0.2, 0.25) is 11.8 Å². The molecule has 2 amide bonds. The van der Waals surface area contributed by atoms with Gasteiger partial charge in [-0.25, -0.2) is 4.90 Å². The predicted octanol–water partition coefficient (Wildman–Crippen LogP) is 5.13. The lowest BCUT2D eigenvalue weighted by Gasteiger charge is -2.31. The molecule has 0 spiro atoms. The van der Waals surface area contributed by atoms with Crippen LogP contribution < -0.4 is 14.7 Å². The number of hydrogen-bond donors (Lipinski definition) is 0. The number of carbonyl (C=O) groups is 3. The Morgan fingerprint density at radius 1 is 0.976 bits per heavy atom. The van der Waals surface area contributed by atoms with Crippen LogP contribution in [0.1, 0.15) is 42.7 Å². The number of rotatable bonds is 8. The predicted molar refractivity (Wildman–Crippen MR) is 154 cm³/mol. The monoisotopic (exact) mass is 619 g/mol. The lowest BCUT2D eigenvalue weighted by molar-refractivity contribution is -0.144. The molecule has 0 radical (unpaired) electrons. The first-order valence-corrected chi connectivity index (χ1v) is 15.2. The number of aromatic nitrogens is 1. The molecule has 3 unspecified atom stereocenters. The third-order valence-corrected chi connectivity index (χ3v) is 10.1. The second-order valence-corrected chi connectivity index (χ2v) is 11.9. The van der Waals surface area contributed by atoms with Crippen molar-refractivity contribution < 1.29 is 32.3 Å². The molecule has 8 nitrogen and oxygen atoms in total. The SMILES string of the molecule is CCOC(=O)Cn1c2c(sc1=O)C(c1ccc(N(CC)CC)cc1)C1C(=O)N(c3ccccc3C(F)(F)F)C(=O)C1S2. The summed E-state index contributed by atoms with van der Waals surface area (Å²) in [6.45, 7) is 6.93. The third-order valence-electron chi connectivity index (χ3n) is 7.47. The van der Waals surface area contributed by atoms with E-state index in [1.165, 1.54) is 16.7 Å². The van der Waals surface area contributed by atoms with Gasteiger partial charge < -0.3 is 9.64 Å². The Morgan fingerprint density at radius 2 is 1.64 bits per heavy atom. The number of benzene rings is 2. The number of thiazole rings is 1. The summed E-state index contributed by atoms with van der Waals surface area (Å²) in [5.74, 6) is -4.07. The average molecular weight is 620 g/mol. The van der Waals surface area contributed by atoms with Gasteiger partial charge in [0, 0.05) is 29.6 Å². The topological polar surface area (TPSA) is 88.9 Å². The number of ether oxygens (including phenoxy) is 1. The zero-order valence-electron chi connectivity index (χ0n) is 23.0. The number of hydrogen-bond acceptors (Lipinski definition) is 8. The van der Waals surface area contributed by atoms with Crippen LogP contribution in [0, 0.1) is 5.92 Å². The molecule has 5 rings (SSSR count). The second kappa shape index (κ2) is 11.6. The van der Waals surface area contributed by atoms with Crippen LogP contribution in [0.4, 0.5) is 24.5 Å². The van der Waals surface area contributed by atoms with Crippen LogP contribution in [0.25, 0.3) is 0 Å². The second-order valence-electron chi connectivity index (χ2n) is 9.76. The molecule has 3 atom stereocenters. The number of amides is 2. The van der Waals surface area contributed by atoms with E-state index in [1.54, 1.807) is 6.92 Å². The van der Waals surface area contributed by atoms with Crippen LogP contribution in [0.5, 0.6) is 0 Å². The van der Waals surface area contributed by atoms with E-state index >= 15 is 0 Å². The molecule has 3 heterocycles. The minimum absolute atomic E-state index is 0.111. The van der Waals surface area contributed by atoms with Gasteiger partial charge in [0.05, 0.1) is 28.8 Å². The Labute approximate surface area is 248 Å². The van der Waals surface area contributed by atoms with Crippen molar-refractivity contribution in [3.8, 4) is 0 Å². The first-order chi connectivity index (χ1) is 20.0. The highest BCUT2D eigenvalue weighted by Crippen LogP contribution is 2.54. The quantitative estimate of drug-likeness (QED) is 0.255. The fraction of sp³-hybridized carbons (Fsp3) is 0.379. The number of esters is 1. The molecule has 1 fully saturated rings. The van der Waals surface area contributed by atoms with Gasteiger partial charge in [-0.2, -0.15) is 13.2 Å². The molecule has 1 aromatic heterocycles. The summed E-state index contributed by atoms with van der Waals surface area (Å²) in [4.78, 5) is 56.1. The minimum atomic E-state index is -4.80. The van der Waals surface area contributed by atoms with Gasteiger partial charge in [-0.05, 0) is 50.6 Å². The van der Waals surface area contributed by atoms with E-state index < -0.39 is 57.2 Å². The van der Waals surface area contributed by atoms with Crippen molar-refractivity contribution in [2.24, 2.45) is 5.92 Å². The standard InChI is InChI=1S/C29H28F3N3O5S2/c1-4-33(5-2)17-13-11-16(12-14-17)21-22-23(41-27-24(21)42-28(39)34(27)15-20(36)40-6-3)26(38)35(25(22)37)19-10-8-7-9-18(19)29(30,31)32/h7-14,21-23H,4-6,15H2,1-3H3. The molecule has 3 aromatic rings. The van der Waals surface area contributed by atoms with E-state index in [-0.39, 0.29) is 13.2 Å². The summed E-state index contributed by atoms with van der Waals surface area (Å²) in [6.07, 6.45) is -4.80. The first-order valence-electron chi connectivity index (χ1n) is 13.5. The van der Waals surface area contributed by atoms with Crippen LogP contribution in [0.2, 0.25) is 0 Å². The summed E-state index contributed by atoms with van der Waals surface area (Å²) >= 11 is 1.80. The van der Waals surface area contributed by atoms with Crippen molar-refractivity contribution in [3.63, 3.8) is 0 Å². The molecule has 0 aliphatic carbocycles. The van der Waals surface area contributed by atoms with E-state index in [1.807, 2.05) is 38.1 Å². The smallest absolute Gasteiger partial charge is 0.418 e. The summed E-state index contributed by atoms with van der Waals surface area (Å²) in [7, 11) is 0. The maximum absolute atomic E-state index is 14.0. The number of fused-ring (bicyclic) bond motifs is 2. The largest absolute Gasteiger partial charge is 0.465 e. The van der Waals surface area contributed by atoms with Crippen LogP contribution >= 0.6 is 23.1 Å². The fourth-order valence-electron chi connectivity index (χ4n) is 5.58. The molecule has 2 aliphatic rings. The van der Waals surface area contributed by atoms with Crippen molar-refractivity contribution in [2.45, 2.75) is 49.7 Å². The minimum Gasteiger partial charge on any atom is -0.465 e. The number of thioether (sulfide) groups is 1. The molecule has 42 heavy (non-hydrogen) atoms. The normalized spacial score (nSPS) is 20.0. The Bertz CT molecular complexity index is 1580. The fourth-order valence-corrected chi connectivity index (χ4v) is 8.35. The molecule has 13 heteroatoms. The van der Waals surface area contributed by atoms with Gasteiger partial charge in [0.25, 0.3) is 0 Å². The van der Waals surface area contributed by atoms with E-state index in [2.05, 4.69) is 4.90 Å².